The number of rotatable bonds is 4. The first-order valence-corrected chi connectivity index (χ1v) is 8.87. The van der Waals surface area contributed by atoms with Crippen LogP contribution in [0, 0.1) is 11.3 Å². The van der Waals surface area contributed by atoms with E-state index in [0.717, 1.165) is 0 Å². The van der Waals surface area contributed by atoms with Crippen molar-refractivity contribution in [2.75, 3.05) is 6.54 Å². The summed E-state index contributed by atoms with van der Waals surface area (Å²) in [4.78, 5) is 12.1. The zero-order valence-corrected chi connectivity index (χ0v) is 15.0. The van der Waals surface area contributed by atoms with Crippen molar-refractivity contribution < 1.29 is 13.2 Å². The predicted molar refractivity (Wildman–Crippen MR) is 86.5 cm³/mol. The molecule has 7 heteroatoms. The molecule has 0 fully saturated rings. The van der Waals surface area contributed by atoms with Crippen molar-refractivity contribution in [1.29, 1.82) is 0 Å². The SMILES string of the molecule is CC(CNC(=O)c1cc(S(N)(=O)=O)ccc1Br)C(C)(C)C. The third kappa shape index (κ3) is 5.09. The second-order valence-electron chi connectivity index (χ2n) is 6.16. The summed E-state index contributed by atoms with van der Waals surface area (Å²) in [6, 6.07) is 4.13. The number of carbonyl (C=O) groups is 1. The zero-order valence-electron chi connectivity index (χ0n) is 12.6. The molecular weight excluding hydrogens is 356 g/mol. The number of benzene rings is 1. The topological polar surface area (TPSA) is 89.3 Å². The van der Waals surface area contributed by atoms with Gasteiger partial charge >= 0.3 is 0 Å². The molecule has 1 unspecified atom stereocenters. The van der Waals surface area contributed by atoms with Crippen LogP contribution in [0.5, 0.6) is 0 Å². The maximum Gasteiger partial charge on any atom is 0.252 e. The number of amides is 1. The summed E-state index contributed by atoms with van der Waals surface area (Å²) < 4.78 is 23.2. The van der Waals surface area contributed by atoms with Gasteiger partial charge in [0.05, 0.1) is 10.5 Å². The number of hydrogen-bond acceptors (Lipinski definition) is 3. The van der Waals surface area contributed by atoms with E-state index in [0.29, 0.717) is 11.0 Å². The molecule has 0 aliphatic rings. The third-order valence-electron chi connectivity index (χ3n) is 3.56. The van der Waals surface area contributed by atoms with Crippen LogP contribution in [0.3, 0.4) is 0 Å². The Kier molecular flexibility index (Phi) is 5.57. The van der Waals surface area contributed by atoms with Crippen LogP contribution >= 0.6 is 15.9 Å². The maximum absolute atomic E-state index is 12.2. The average molecular weight is 377 g/mol. The lowest BCUT2D eigenvalue weighted by Crippen LogP contribution is -2.34. The molecule has 0 radical (unpaired) electrons. The van der Waals surface area contributed by atoms with E-state index in [1.807, 2.05) is 0 Å². The summed E-state index contributed by atoms with van der Waals surface area (Å²) in [5.41, 5.74) is 0.329. The molecule has 0 aromatic heterocycles. The van der Waals surface area contributed by atoms with Crippen molar-refractivity contribution in [3.05, 3.63) is 28.2 Å². The Bertz CT molecular complexity index is 636. The van der Waals surface area contributed by atoms with E-state index in [-0.39, 0.29) is 27.7 Å². The summed E-state index contributed by atoms with van der Waals surface area (Å²) in [5, 5.41) is 7.90. The van der Waals surface area contributed by atoms with Crippen LogP contribution in [0.25, 0.3) is 0 Å². The van der Waals surface area contributed by atoms with Gasteiger partial charge < -0.3 is 5.32 Å². The molecule has 1 rings (SSSR count). The van der Waals surface area contributed by atoms with Gasteiger partial charge in [-0.3, -0.25) is 4.79 Å². The number of halogens is 1. The first kappa shape index (κ1) is 18.1. The molecule has 1 amide bonds. The molecule has 1 aromatic rings. The van der Waals surface area contributed by atoms with Gasteiger partial charge in [0.1, 0.15) is 0 Å². The Hall–Kier alpha value is -0.920. The fraction of sp³-hybridized carbons (Fsp3) is 0.500. The van der Waals surface area contributed by atoms with Gasteiger partial charge in [0.25, 0.3) is 5.91 Å². The first-order valence-electron chi connectivity index (χ1n) is 6.53. The van der Waals surface area contributed by atoms with Gasteiger partial charge in [-0.05, 0) is 45.5 Å². The first-order chi connectivity index (χ1) is 9.43. The number of carbonyl (C=O) groups excluding carboxylic acids is 1. The van der Waals surface area contributed by atoms with Crippen LogP contribution in [0.15, 0.2) is 27.6 Å². The molecule has 3 N–H and O–H groups in total. The van der Waals surface area contributed by atoms with Crippen molar-refractivity contribution in [1.82, 2.24) is 5.32 Å². The van der Waals surface area contributed by atoms with E-state index < -0.39 is 10.0 Å². The van der Waals surface area contributed by atoms with Gasteiger partial charge in [-0.25, -0.2) is 13.6 Å². The summed E-state index contributed by atoms with van der Waals surface area (Å²) in [5.74, 6) is -0.0508. The molecule has 5 nitrogen and oxygen atoms in total. The van der Waals surface area contributed by atoms with Gasteiger partial charge in [-0.1, -0.05) is 27.7 Å². The molecule has 0 bridgehead atoms. The second kappa shape index (κ2) is 6.46. The average Bonchev–Trinajstić information content (AvgIpc) is 2.33. The van der Waals surface area contributed by atoms with Crippen molar-refractivity contribution in [2.45, 2.75) is 32.6 Å². The minimum absolute atomic E-state index is 0.0763. The molecule has 1 atom stereocenters. The monoisotopic (exact) mass is 376 g/mol. The van der Waals surface area contributed by atoms with Crippen LogP contribution < -0.4 is 10.5 Å². The molecule has 21 heavy (non-hydrogen) atoms. The lowest BCUT2D eigenvalue weighted by atomic mass is 9.82. The summed E-state index contributed by atoms with van der Waals surface area (Å²) in [6.07, 6.45) is 0. The van der Waals surface area contributed by atoms with E-state index in [4.69, 9.17) is 5.14 Å². The smallest absolute Gasteiger partial charge is 0.252 e. The van der Waals surface area contributed by atoms with Crippen LogP contribution in [0.2, 0.25) is 0 Å². The van der Waals surface area contributed by atoms with Crippen molar-refractivity contribution in [2.24, 2.45) is 16.5 Å². The van der Waals surface area contributed by atoms with Crippen LogP contribution in [-0.2, 0) is 10.0 Å². The van der Waals surface area contributed by atoms with E-state index in [9.17, 15) is 13.2 Å². The Labute approximate surface area is 134 Å². The fourth-order valence-electron chi connectivity index (χ4n) is 1.50. The summed E-state index contributed by atoms with van der Waals surface area (Å²) >= 11 is 3.25. The fourth-order valence-corrected chi connectivity index (χ4v) is 2.47. The number of primary sulfonamides is 1. The van der Waals surface area contributed by atoms with Crippen LogP contribution in [0.4, 0.5) is 0 Å². The molecule has 0 heterocycles. The molecule has 1 aromatic carbocycles. The van der Waals surface area contributed by atoms with Gasteiger partial charge in [-0.2, -0.15) is 0 Å². The maximum atomic E-state index is 12.2. The van der Waals surface area contributed by atoms with Crippen LogP contribution in [0.1, 0.15) is 38.1 Å². The van der Waals surface area contributed by atoms with E-state index >= 15 is 0 Å². The molecule has 0 saturated heterocycles. The van der Waals surface area contributed by atoms with Crippen LogP contribution in [-0.4, -0.2) is 20.9 Å². The lowest BCUT2D eigenvalue weighted by Gasteiger charge is -2.27. The quantitative estimate of drug-likeness (QED) is 0.845. The van der Waals surface area contributed by atoms with Gasteiger partial charge in [0.2, 0.25) is 10.0 Å². The highest BCUT2D eigenvalue weighted by atomic mass is 79.9. The number of nitrogens with one attached hydrogen (secondary N) is 1. The zero-order chi connectivity index (χ0) is 16.4. The minimum atomic E-state index is -3.83. The van der Waals surface area contributed by atoms with Crippen molar-refractivity contribution >= 4 is 31.9 Å². The molecule has 0 spiro atoms. The molecule has 0 saturated carbocycles. The Balaban J connectivity index is 2.93. The third-order valence-corrected chi connectivity index (χ3v) is 5.16. The minimum Gasteiger partial charge on any atom is -0.352 e. The highest BCUT2D eigenvalue weighted by Crippen LogP contribution is 2.25. The van der Waals surface area contributed by atoms with E-state index in [2.05, 4.69) is 48.9 Å². The van der Waals surface area contributed by atoms with Gasteiger partial charge in [0, 0.05) is 11.0 Å². The van der Waals surface area contributed by atoms with Gasteiger partial charge in [0.15, 0.2) is 0 Å². The van der Waals surface area contributed by atoms with Crippen molar-refractivity contribution in [3.8, 4) is 0 Å². The molecule has 0 aliphatic heterocycles. The Morgan fingerprint density at radius 2 is 1.95 bits per heavy atom. The molecule has 118 valence electrons. The lowest BCUT2D eigenvalue weighted by molar-refractivity contribution is 0.0936. The number of nitrogens with two attached hydrogens (primary N) is 1. The molecular formula is C14H21BrN2O3S. The largest absolute Gasteiger partial charge is 0.352 e. The Morgan fingerprint density at radius 3 is 2.43 bits per heavy atom. The highest BCUT2D eigenvalue weighted by molar-refractivity contribution is 9.10. The second-order valence-corrected chi connectivity index (χ2v) is 8.58. The van der Waals surface area contributed by atoms with Gasteiger partial charge in [-0.15, -0.1) is 0 Å². The van der Waals surface area contributed by atoms with E-state index in [1.165, 1.54) is 18.2 Å². The number of hydrogen-bond donors (Lipinski definition) is 2. The molecule has 0 aliphatic carbocycles. The standard InChI is InChI=1S/C14H21BrN2O3S/c1-9(14(2,3)4)8-17-13(18)11-7-10(21(16,19)20)5-6-12(11)15/h5-7,9H,8H2,1-4H3,(H,17,18)(H2,16,19,20). The summed E-state index contributed by atoms with van der Waals surface area (Å²) in [7, 11) is -3.83. The Morgan fingerprint density at radius 1 is 1.38 bits per heavy atom. The number of sulfonamides is 1. The summed E-state index contributed by atoms with van der Waals surface area (Å²) in [6.45, 7) is 8.86. The highest BCUT2D eigenvalue weighted by Gasteiger charge is 2.21. The van der Waals surface area contributed by atoms with E-state index in [1.54, 1.807) is 0 Å². The predicted octanol–water partition coefficient (Wildman–Crippen LogP) is 2.51. The van der Waals surface area contributed by atoms with Crippen molar-refractivity contribution in [3.63, 3.8) is 0 Å². The normalized spacial score (nSPS) is 13.8.